The summed E-state index contributed by atoms with van der Waals surface area (Å²) in [5, 5.41) is 38.3. The molecule has 0 aromatic heterocycles. The second-order valence-electron chi connectivity index (χ2n) is 4.43. The van der Waals surface area contributed by atoms with E-state index in [2.05, 4.69) is 5.32 Å². The lowest BCUT2D eigenvalue weighted by Crippen LogP contribution is -2.46. The van der Waals surface area contributed by atoms with Crippen LogP contribution in [-0.2, 0) is 9.53 Å². The van der Waals surface area contributed by atoms with E-state index < -0.39 is 37.4 Å². The van der Waals surface area contributed by atoms with Gasteiger partial charge in [0.1, 0.15) is 18.8 Å². The van der Waals surface area contributed by atoms with Crippen LogP contribution >= 0.6 is 0 Å². The highest BCUT2D eigenvalue weighted by Crippen LogP contribution is 2.04. The summed E-state index contributed by atoms with van der Waals surface area (Å²) in [4.78, 5) is 11.7. The van der Waals surface area contributed by atoms with E-state index in [1.165, 1.54) is 0 Å². The third-order valence-electron chi connectivity index (χ3n) is 2.33. The van der Waals surface area contributed by atoms with Gasteiger partial charge in [0, 0.05) is 6.54 Å². The molecule has 0 aromatic carbocycles. The van der Waals surface area contributed by atoms with E-state index in [1.54, 1.807) is 13.8 Å². The largest absolute Gasteiger partial charge is 0.462 e. The van der Waals surface area contributed by atoms with Crippen LogP contribution < -0.4 is 5.32 Å². The normalized spacial score (nSPS) is 16.4. The highest BCUT2D eigenvalue weighted by molar-refractivity contribution is 5.76. The first kappa shape index (κ1) is 17.3. The minimum Gasteiger partial charge on any atom is -0.462 e. The zero-order chi connectivity index (χ0) is 14.1. The van der Waals surface area contributed by atoms with Crippen LogP contribution in [0.3, 0.4) is 0 Å². The van der Waals surface area contributed by atoms with E-state index >= 15 is 0 Å². The van der Waals surface area contributed by atoms with Crippen molar-refractivity contribution in [1.29, 1.82) is 0 Å². The smallest absolute Gasteiger partial charge is 0.323 e. The van der Waals surface area contributed by atoms with Gasteiger partial charge >= 0.3 is 5.97 Å². The Labute approximate surface area is 106 Å². The van der Waals surface area contributed by atoms with Crippen molar-refractivity contribution in [1.82, 2.24) is 5.32 Å². The fraction of sp³-hybridized carbons (Fsp3) is 0.909. The second-order valence-corrected chi connectivity index (χ2v) is 4.43. The molecule has 7 heteroatoms. The summed E-state index contributed by atoms with van der Waals surface area (Å²) in [6.07, 6.45) is -2.04. The molecule has 0 aromatic rings. The van der Waals surface area contributed by atoms with Gasteiger partial charge in [-0.2, -0.15) is 0 Å². The Bertz CT molecular complexity index is 236. The van der Waals surface area contributed by atoms with Crippen LogP contribution in [0.15, 0.2) is 0 Å². The number of nitrogens with one attached hydrogen (secondary N) is 1. The van der Waals surface area contributed by atoms with Gasteiger partial charge in [-0.15, -0.1) is 0 Å². The first-order chi connectivity index (χ1) is 8.42. The van der Waals surface area contributed by atoms with Gasteiger partial charge in [-0.05, 0) is 5.92 Å². The van der Waals surface area contributed by atoms with Crippen LogP contribution in [0.2, 0.25) is 0 Å². The molecular weight excluding hydrogens is 242 g/mol. The molecule has 0 saturated heterocycles. The van der Waals surface area contributed by atoms with E-state index in [0.717, 1.165) is 0 Å². The predicted octanol–water partition coefficient (Wildman–Crippen LogP) is -2.15. The van der Waals surface area contributed by atoms with E-state index in [9.17, 15) is 9.90 Å². The molecule has 2 unspecified atom stereocenters. The van der Waals surface area contributed by atoms with Gasteiger partial charge in [-0.25, -0.2) is 0 Å². The molecule has 0 saturated carbocycles. The molecule has 7 nitrogen and oxygen atoms in total. The van der Waals surface area contributed by atoms with Crippen LogP contribution in [0.1, 0.15) is 13.8 Å². The summed E-state index contributed by atoms with van der Waals surface area (Å²) in [5.74, 6) is -0.641. The summed E-state index contributed by atoms with van der Waals surface area (Å²) >= 11 is 0. The molecule has 0 aliphatic rings. The molecule has 0 spiro atoms. The summed E-state index contributed by atoms with van der Waals surface area (Å²) in [6.45, 7) is 2.52. The maximum atomic E-state index is 11.7. The van der Waals surface area contributed by atoms with Crippen molar-refractivity contribution in [3.05, 3.63) is 0 Å². The molecule has 108 valence electrons. The Hall–Kier alpha value is -0.730. The lowest BCUT2D eigenvalue weighted by molar-refractivity contribution is -0.151. The van der Waals surface area contributed by atoms with E-state index in [0.29, 0.717) is 0 Å². The zero-order valence-electron chi connectivity index (χ0n) is 10.7. The summed E-state index contributed by atoms with van der Waals surface area (Å²) in [7, 11) is 0. The fourth-order valence-corrected chi connectivity index (χ4v) is 1.24. The van der Waals surface area contributed by atoms with Gasteiger partial charge in [-0.1, -0.05) is 13.8 Å². The highest BCUT2D eigenvalue weighted by Gasteiger charge is 2.24. The number of aliphatic hydroxyl groups excluding tert-OH is 4. The van der Waals surface area contributed by atoms with Crippen molar-refractivity contribution in [2.45, 2.75) is 32.1 Å². The second kappa shape index (κ2) is 9.23. The van der Waals surface area contributed by atoms with Crippen molar-refractivity contribution in [3.8, 4) is 0 Å². The number of hydrogen-bond donors (Lipinski definition) is 5. The Balaban J connectivity index is 4.19. The van der Waals surface area contributed by atoms with E-state index in [4.69, 9.17) is 20.1 Å². The summed E-state index contributed by atoms with van der Waals surface area (Å²) in [5.41, 5.74) is 0. The standard InChI is InChI=1S/C11H23NO6/c1-7(2)10(12-3-8(15)4-13)11(17)18-6-9(16)5-14/h7-10,12-16H,3-6H2,1-2H3/t8?,9?,10-/m0/s1. The van der Waals surface area contributed by atoms with Crippen LogP contribution in [0.5, 0.6) is 0 Å². The molecule has 3 atom stereocenters. The number of carbonyl (C=O) groups excluding carboxylic acids is 1. The highest BCUT2D eigenvalue weighted by atomic mass is 16.5. The third-order valence-corrected chi connectivity index (χ3v) is 2.33. The first-order valence-electron chi connectivity index (χ1n) is 5.90. The minimum absolute atomic E-state index is 0.0665. The third kappa shape index (κ3) is 6.87. The average Bonchev–Trinajstić information content (AvgIpc) is 2.35. The molecule has 0 amide bonds. The molecule has 0 rings (SSSR count). The molecule has 0 fully saturated rings. The maximum Gasteiger partial charge on any atom is 0.323 e. The zero-order valence-corrected chi connectivity index (χ0v) is 10.7. The number of carbonyl (C=O) groups is 1. The van der Waals surface area contributed by atoms with Gasteiger partial charge in [0.25, 0.3) is 0 Å². The van der Waals surface area contributed by atoms with Gasteiger partial charge in [0.2, 0.25) is 0 Å². The number of aliphatic hydroxyl groups is 4. The summed E-state index contributed by atoms with van der Waals surface area (Å²) in [6, 6.07) is -0.642. The lowest BCUT2D eigenvalue weighted by atomic mass is 10.0. The molecular formula is C11H23NO6. The van der Waals surface area contributed by atoms with Gasteiger partial charge in [0.05, 0.1) is 19.3 Å². The monoisotopic (exact) mass is 265 g/mol. The van der Waals surface area contributed by atoms with Crippen molar-refractivity contribution in [3.63, 3.8) is 0 Å². The van der Waals surface area contributed by atoms with Crippen molar-refractivity contribution < 1.29 is 30.0 Å². The Morgan fingerprint density at radius 3 is 2.17 bits per heavy atom. The van der Waals surface area contributed by atoms with Crippen LogP contribution in [-0.4, -0.2) is 71.0 Å². The van der Waals surface area contributed by atoms with Crippen molar-refractivity contribution in [2.24, 2.45) is 5.92 Å². The van der Waals surface area contributed by atoms with Crippen molar-refractivity contribution >= 4 is 5.97 Å². The van der Waals surface area contributed by atoms with E-state index in [1.807, 2.05) is 0 Å². The Kier molecular flexibility index (Phi) is 8.86. The Morgan fingerprint density at radius 1 is 1.17 bits per heavy atom. The molecule has 0 radical (unpaired) electrons. The Morgan fingerprint density at radius 2 is 1.72 bits per heavy atom. The maximum absolute atomic E-state index is 11.7. The van der Waals surface area contributed by atoms with Gasteiger partial charge in [0.15, 0.2) is 0 Å². The SMILES string of the molecule is CC(C)[C@H](NCC(O)CO)C(=O)OCC(O)CO. The molecule has 18 heavy (non-hydrogen) atoms. The summed E-state index contributed by atoms with van der Waals surface area (Å²) < 4.78 is 4.83. The molecule has 0 aliphatic carbocycles. The number of hydrogen-bond acceptors (Lipinski definition) is 7. The van der Waals surface area contributed by atoms with Crippen molar-refractivity contribution in [2.75, 3.05) is 26.4 Å². The average molecular weight is 265 g/mol. The van der Waals surface area contributed by atoms with Gasteiger partial charge in [-0.3, -0.25) is 4.79 Å². The molecule has 0 aliphatic heterocycles. The number of rotatable bonds is 9. The topological polar surface area (TPSA) is 119 Å². The van der Waals surface area contributed by atoms with Gasteiger partial charge < -0.3 is 30.5 Å². The molecule has 0 bridgehead atoms. The molecule has 0 heterocycles. The van der Waals surface area contributed by atoms with E-state index in [-0.39, 0.29) is 19.1 Å². The quantitative estimate of drug-likeness (QED) is 0.301. The fourth-order valence-electron chi connectivity index (χ4n) is 1.24. The number of ether oxygens (including phenoxy) is 1. The van der Waals surface area contributed by atoms with Crippen LogP contribution in [0.4, 0.5) is 0 Å². The number of esters is 1. The van der Waals surface area contributed by atoms with Crippen LogP contribution in [0.25, 0.3) is 0 Å². The first-order valence-corrected chi connectivity index (χ1v) is 5.90. The minimum atomic E-state index is -1.09. The predicted molar refractivity (Wildman–Crippen MR) is 63.8 cm³/mol. The molecule has 5 N–H and O–H groups in total. The van der Waals surface area contributed by atoms with Crippen LogP contribution in [0, 0.1) is 5.92 Å². The lowest BCUT2D eigenvalue weighted by Gasteiger charge is -2.22.